The van der Waals surface area contributed by atoms with E-state index in [1.807, 2.05) is 18.2 Å². The van der Waals surface area contributed by atoms with Crippen LogP contribution in [-0.4, -0.2) is 11.1 Å². The molecule has 3 unspecified atom stereocenters. The van der Waals surface area contributed by atoms with E-state index in [2.05, 4.69) is 19.2 Å². The van der Waals surface area contributed by atoms with Gasteiger partial charge in [0.1, 0.15) is 5.75 Å². The van der Waals surface area contributed by atoms with Gasteiger partial charge in [-0.05, 0) is 24.8 Å². The highest BCUT2D eigenvalue weighted by Crippen LogP contribution is 2.37. The molecule has 1 aromatic carbocycles. The number of phenolic OH excluding ortho intramolecular Hbond substituents is 1. The van der Waals surface area contributed by atoms with Crippen molar-refractivity contribution < 1.29 is 5.11 Å². The number of phenols is 1. The lowest BCUT2D eigenvalue weighted by Crippen LogP contribution is -2.24. The van der Waals surface area contributed by atoms with Crippen LogP contribution in [0.2, 0.25) is 0 Å². The van der Waals surface area contributed by atoms with Crippen LogP contribution >= 0.6 is 0 Å². The predicted octanol–water partition coefficient (Wildman–Crippen LogP) is 3.23. The van der Waals surface area contributed by atoms with Crippen molar-refractivity contribution >= 4 is 0 Å². The maximum Gasteiger partial charge on any atom is 0.120 e. The van der Waals surface area contributed by atoms with Crippen LogP contribution < -0.4 is 5.32 Å². The summed E-state index contributed by atoms with van der Waals surface area (Å²) in [7, 11) is 0. The van der Waals surface area contributed by atoms with E-state index in [1.54, 1.807) is 6.07 Å². The molecule has 1 aliphatic rings. The second-order valence-corrected chi connectivity index (χ2v) is 4.70. The molecule has 0 spiro atoms. The summed E-state index contributed by atoms with van der Waals surface area (Å²) in [5.74, 6) is 1.26. The van der Waals surface area contributed by atoms with Gasteiger partial charge >= 0.3 is 0 Å². The summed E-state index contributed by atoms with van der Waals surface area (Å²) in [4.78, 5) is 0. The fourth-order valence-electron chi connectivity index (χ4n) is 2.37. The Balaban J connectivity index is 2.03. The summed E-state index contributed by atoms with van der Waals surface area (Å²) in [6.07, 6.45) is 3.57. The van der Waals surface area contributed by atoms with E-state index >= 15 is 0 Å². The van der Waals surface area contributed by atoms with E-state index < -0.39 is 0 Å². The fraction of sp³-hybridized carbons (Fsp3) is 0.571. The van der Waals surface area contributed by atoms with Crippen LogP contribution in [0.4, 0.5) is 0 Å². The van der Waals surface area contributed by atoms with Crippen molar-refractivity contribution in [3.8, 4) is 5.75 Å². The summed E-state index contributed by atoms with van der Waals surface area (Å²) in [6.45, 7) is 4.40. The number of benzene rings is 1. The summed E-state index contributed by atoms with van der Waals surface area (Å²) in [5.41, 5.74) is 1.03. The summed E-state index contributed by atoms with van der Waals surface area (Å²) >= 11 is 0. The molecule has 0 saturated heterocycles. The smallest absolute Gasteiger partial charge is 0.120 e. The van der Waals surface area contributed by atoms with Crippen molar-refractivity contribution in [1.29, 1.82) is 0 Å². The molecule has 0 aliphatic heterocycles. The quantitative estimate of drug-likeness (QED) is 0.797. The van der Waals surface area contributed by atoms with Gasteiger partial charge in [0.2, 0.25) is 0 Å². The summed E-state index contributed by atoms with van der Waals surface area (Å²) in [5, 5.41) is 13.5. The number of hydrogen-bond acceptors (Lipinski definition) is 2. The van der Waals surface area contributed by atoms with Gasteiger partial charge in [-0.15, -0.1) is 0 Å². The van der Waals surface area contributed by atoms with Crippen LogP contribution in [0.25, 0.3) is 0 Å². The van der Waals surface area contributed by atoms with Gasteiger partial charge < -0.3 is 10.4 Å². The molecule has 2 nitrogen and oxygen atoms in total. The van der Waals surface area contributed by atoms with E-state index in [0.29, 0.717) is 17.8 Å². The minimum atomic E-state index is 0.294. The van der Waals surface area contributed by atoms with E-state index in [-0.39, 0.29) is 0 Å². The minimum Gasteiger partial charge on any atom is -0.508 e. The van der Waals surface area contributed by atoms with Crippen LogP contribution in [-0.2, 0) is 0 Å². The lowest BCUT2D eigenvalue weighted by molar-refractivity contribution is 0.435. The summed E-state index contributed by atoms with van der Waals surface area (Å²) in [6, 6.07) is 8.60. The van der Waals surface area contributed by atoms with Crippen LogP contribution in [0.5, 0.6) is 5.75 Å². The molecule has 0 amide bonds. The first kappa shape index (κ1) is 11.5. The van der Waals surface area contributed by atoms with Crippen molar-refractivity contribution in [2.24, 2.45) is 5.92 Å². The monoisotopic (exact) mass is 219 g/mol. The second kappa shape index (κ2) is 4.88. The molecule has 2 N–H and O–H groups in total. The molecular formula is C14H21NO. The molecule has 1 aliphatic carbocycles. The van der Waals surface area contributed by atoms with Gasteiger partial charge in [-0.2, -0.15) is 0 Å². The molecule has 0 aromatic heterocycles. The molecular weight excluding hydrogens is 198 g/mol. The van der Waals surface area contributed by atoms with E-state index in [9.17, 15) is 5.11 Å². The van der Waals surface area contributed by atoms with Crippen molar-refractivity contribution in [3.63, 3.8) is 0 Å². The Labute approximate surface area is 97.7 Å². The largest absolute Gasteiger partial charge is 0.508 e. The Bertz CT molecular complexity index is 350. The maximum atomic E-state index is 9.83. The zero-order valence-electron chi connectivity index (χ0n) is 10.1. The Morgan fingerprint density at radius 1 is 1.38 bits per heavy atom. The highest BCUT2D eigenvalue weighted by atomic mass is 16.3. The van der Waals surface area contributed by atoms with Crippen molar-refractivity contribution in [2.45, 2.75) is 45.2 Å². The SMILES string of the molecule is CCC(NC1CC1CC)c1ccccc1O. The molecule has 2 rings (SSSR count). The number of rotatable bonds is 5. The first-order valence-corrected chi connectivity index (χ1v) is 6.30. The first-order chi connectivity index (χ1) is 7.76. The van der Waals surface area contributed by atoms with Gasteiger partial charge in [-0.3, -0.25) is 0 Å². The lowest BCUT2D eigenvalue weighted by Gasteiger charge is -2.18. The Hall–Kier alpha value is -1.02. The van der Waals surface area contributed by atoms with Crippen LogP contribution in [0.3, 0.4) is 0 Å². The Kier molecular flexibility index (Phi) is 3.49. The Morgan fingerprint density at radius 3 is 2.69 bits per heavy atom. The third-order valence-electron chi connectivity index (χ3n) is 3.58. The van der Waals surface area contributed by atoms with Gasteiger partial charge in [0.15, 0.2) is 0 Å². The molecule has 88 valence electrons. The molecule has 1 fully saturated rings. The zero-order valence-corrected chi connectivity index (χ0v) is 10.1. The Morgan fingerprint density at radius 2 is 2.12 bits per heavy atom. The van der Waals surface area contributed by atoms with Gasteiger partial charge in [0, 0.05) is 17.6 Å². The van der Waals surface area contributed by atoms with Crippen molar-refractivity contribution in [2.75, 3.05) is 0 Å². The van der Waals surface area contributed by atoms with Crippen LogP contribution in [0.15, 0.2) is 24.3 Å². The minimum absolute atomic E-state index is 0.294. The highest BCUT2D eigenvalue weighted by molar-refractivity contribution is 5.34. The molecule has 0 heterocycles. The normalized spacial score (nSPS) is 25.4. The lowest BCUT2D eigenvalue weighted by atomic mass is 10.0. The van der Waals surface area contributed by atoms with Crippen molar-refractivity contribution in [3.05, 3.63) is 29.8 Å². The number of nitrogens with one attached hydrogen (secondary N) is 1. The molecule has 3 atom stereocenters. The molecule has 1 saturated carbocycles. The number of para-hydroxylation sites is 1. The molecule has 2 heteroatoms. The van der Waals surface area contributed by atoms with E-state index in [0.717, 1.165) is 17.9 Å². The highest BCUT2D eigenvalue weighted by Gasteiger charge is 2.36. The van der Waals surface area contributed by atoms with Gasteiger partial charge in [0.25, 0.3) is 0 Å². The average Bonchev–Trinajstić information content (AvgIpc) is 3.05. The van der Waals surface area contributed by atoms with E-state index in [4.69, 9.17) is 0 Å². The zero-order chi connectivity index (χ0) is 11.5. The fourth-order valence-corrected chi connectivity index (χ4v) is 2.37. The van der Waals surface area contributed by atoms with Crippen molar-refractivity contribution in [1.82, 2.24) is 5.32 Å². The summed E-state index contributed by atoms with van der Waals surface area (Å²) < 4.78 is 0. The van der Waals surface area contributed by atoms with Gasteiger partial charge in [0.05, 0.1) is 0 Å². The number of aromatic hydroxyl groups is 1. The maximum absolute atomic E-state index is 9.83. The predicted molar refractivity (Wildman–Crippen MR) is 66.5 cm³/mol. The molecule has 0 radical (unpaired) electrons. The van der Waals surface area contributed by atoms with Crippen LogP contribution in [0, 0.1) is 5.92 Å². The average molecular weight is 219 g/mol. The molecule has 16 heavy (non-hydrogen) atoms. The van der Waals surface area contributed by atoms with Gasteiger partial charge in [-0.25, -0.2) is 0 Å². The third kappa shape index (κ3) is 2.38. The topological polar surface area (TPSA) is 32.3 Å². The van der Waals surface area contributed by atoms with E-state index in [1.165, 1.54) is 12.8 Å². The molecule has 1 aromatic rings. The second-order valence-electron chi connectivity index (χ2n) is 4.70. The molecule has 0 bridgehead atoms. The number of hydrogen-bond donors (Lipinski definition) is 2. The van der Waals surface area contributed by atoms with Gasteiger partial charge in [-0.1, -0.05) is 38.5 Å². The standard InChI is InChI=1S/C14H21NO/c1-3-10-9-13(10)15-12(4-2)11-7-5-6-8-14(11)16/h5-8,10,12-13,15-16H,3-4,9H2,1-2H3. The van der Waals surface area contributed by atoms with Crippen LogP contribution in [0.1, 0.15) is 44.7 Å². The first-order valence-electron chi connectivity index (χ1n) is 6.30. The third-order valence-corrected chi connectivity index (χ3v) is 3.58.